The summed E-state index contributed by atoms with van der Waals surface area (Å²) in [6.45, 7) is 3.56. The van der Waals surface area contributed by atoms with E-state index in [9.17, 15) is 9.59 Å². The van der Waals surface area contributed by atoms with Crippen molar-refractivity contribution in [2.24, 2.45) is 0 Å². The van der Waals surface area contributed by atoms with Crippen molar-refractivity contribution in [1.82, 2.24) is 15.1 Å². The molecule has 0 bridgehead atoms. The van der Waals surface area contributed by atoms with Crippen LogP contribution in [0.4, 0.5) is 0 Å². The van der Waals surface area contributed by atoms with Gasteiger partial charge in [0.25, 0.3) is 5.91 Å². The second kappa shape index (κ2) is 8.09. The summed E-state index contributed by atoms with van der Waals surface area (Å²) >= 11 is 0. The smallest absolute Gasteiger partial charge is 0.258 e. The number of benzene rings is 1. The Balaban J connectivity index is 1.49. The van der Waals surface area contributed by atoms with Crippen molar-refractivity contribution in [2.45, 2.75) is 37.4 Å². The molecule has 0 aromatic heterocycles. The molecule has 3 heterocycles. The summed E-state index contributed by atoms with van der Waals surface area (Å²) in [4.78, 5) is 29.6. The number of nitrogens with one attached hydrogen (secondary N) is 1. The zero-order valence-corrected chi connectivity index (χ0v) is 16.5. The standard InChI is InChI=1S/C21H29N3O4/c1-23-10-8-21(9-11-23)15-24(14-19(25)22-13-16-5-4-12-27-16)20(26)17-6-2-3-7-18(17)28-21/h2-3,6-7,16H,4-5,8-15H2,1H3,(H,22,25)/t16-/m0/s1. The van der Waals surface area contributed by atoms with Gasteiger partial charge < -0.3 is 24.6 Å². The van der Waals surface area contributed by atoms with Gasteiger partial charge in [-0.3, -0.25) is 9.59 Å². The zero-order valence-electron chi connectivity index (χ0n) is 16.5. The van der Waals surface area contributed by atoms with Gasteiger partial charge in [0, 0.05) is 39.1 Å². The van der Waals surface area contributed by atoms with Gasteiger partial charge in [-0.15, -0.1) is 0 Å². The predicted octanol–water partition coefficient (Wildman–Crippen LogP) is 1.28. The Morgan fingerprint density at radius 3 is 2.82 bits per heavy atom. The van der Waals surface area contributed by atoms with E-state index in [1.807, 2.05) is 18.2 Å². The summed E-state index contributed by atoms with van der Waals surface area (Å²) in [6, 6.07) is 7.36. The predicted molar refractivity (Wildman–Crippen MR) is 104 cm³/mol. The van der Waals surface area contributed by atoms with E-state index in [1.54, 1.807) is 11.0 Å². The maximum Gasteiger partial charge on any atom is 0.258 e. The van der Waals surface area contributed by atoms with Gasteiger partial charge in [0.15, 0.2) is 0 Å². The van der Waals surface area contributed by atoms with Gasteiger partial charge in [0.1, 0.15) is 11.4 Å². The van der Waals surface area contributed by atoms with E-state index in [4.69, 9.17) is 9.47 Å². The Bertz CT molecular complexity index is 724. The summed E-state index contributed by atoms with van der Waals surface area (Å²) in [6.07, 6.45) is 3.77. The molecule has 4 rings (SSSR count). The van der Waals surface area contributed by atoms with Crippen LogP contribution in [-0.2, 0) is 9.53 Å². The van der Waals surface area contributed by atoms with Crippen LogP contribution in [0.25, 0.3) is 0 Å². The van der Waals surface area contributed by atoms with Gasteiger partial charge in [-0.25, -0.2) is 0 Å². The van der Waals surface area contributed by atoms with Crippen molar-refractivity contribution < 1.29 is 19.1 Å². The second-order valence-electron chi connectivity index (χ2n) is 8.18. The Morgan fingerprint density at radius 1 is 1.29 bits per heavy atom. The molecule has 2 fully saturated rings. The Morgan fingerprint density at radius 2 is 2.07 bits per heavy atom. The highest BCUT2D eigenvalue weighted by Crippen LogP contribution is 2.35. The van der Waals surface area contributed by atoms with Crippen molar-refractivity contribution in [3.8, 4) is 5.75 Å². The second-order valence-corrected chi connectivity index (χ2v) is 8.18. The van der Waals surface area contributed by atoms with Crippen molar-refractivity contribution in [3.05, 3.63) is 29.8 Å². The first-order valence-electron chi connectivity index (χ1n) is 10.2. The Hall–Kier alpha value is -2.12. The lowest BCUT2D eigenvalue weighted by Gasteiger charge is -2.41. The van der Waals surface area contributed by atoms with Crippen LogP contribution in [-0.4, -0.2) is 79.7 Å². The topological polar surface area (TPSA) is 71.1 Å². The Kier molecular flexibility index (Phi) is 5.55. The zero-order chi connectivity index (χ0) is 19.6. The molecule has 0 saturated carbocycles. The normalized spacial score (nSPS) is 24.5. The number of piperidine rings is 1. The molecule has 7 heteroatoms. The summed E-state index contributed by atoms with van der Waals surface area (Å²) in [5.74, 6) is 0.337. The van der Waals surface area contributed by atoms with Crippen LogP contribution in [0.1, 0.15) is 36.0 Å². The van der Waals surface area contributed by atoms with Crippen LogP contribution in [0.3, 0.4) is 0 Å². The molecule has 152 valence electrons. The fourth-order valence-electron chi connectivity index (χ4n) is 4.26. The van der Waals surface area contributed by atoms with Gasteiger partial charge in [-0.2, -0.15) is 0 Å². The van der Waals surface area contributed by atoms with E-state index in [2.05, 4.69) is 17.3 Å². The number of para-hydroxylation sites is 1. The van der Waals surface area contributed by atoms with Crippen molar-refractivity contribution in [3.63, 3.8) is 0 Å². The first-order chi connectivity index (χ1) is 13.5. The van der Waals surface area contributed by atoms with E-state index in [0.29, 0.717) is 24.4 Å². The minimum absolute atomic E-state index is 0.0425. The average Bonchev–Trinajstić information content (AvgIpc) is 3.18. The number of amides is 2. The number of hydrogen-bond donors (Lipinski definition) is 1. The SMILES string of the molecule is CN1CCC2(CC1)CN(CC(=O)NC[C@@H]1CCCO1)C(=O)c1ccccc1O2. The minimum Gasteiger partial charge on any atom is -0.484 e. The maximum absolute atomic E-state index is 13.2. The van der Waals surface area contributed by atoms with E-state index >= 15 is 0 Å². The van der Waals surface area contributed by atoms with Crippen LogP contribution >= 0.6 is 0 Å². The van der Waals surface area contributed by atoms with E-state index in [1.165, 1.54) is 0 Å². The molecule has 1 atom stereocenters. The number of carbonyl (C=O) groups excluding carboxylic acids is 2. The molecule has 7 nitrogen and oxygen atoms in total. The minimum atomic E-state index is -0.441. The molecule has 2 amide bonds. The fourth-order valence-corrected chi connectivity index (χ4v) is 4.26. The largest absolute Gasteiger partial charge is 0.484 e. The van der Waals surface area contributed by atoms with E-state index in [-0.39, 0.29) is 24.5 Å². The first-order valence-corrected chi connectivity index (χ1v) is 10.2. The van der Waals surface area contributed by atoms with Crippen molar-refractivity contribution >= 4 is 11.8 Å². The monoisotopic (exact) mass is 387 g/mol. The molecule has 0 aliphatic carbocycles. The van der Waals surface area contributed by atoms with Crippen molar-refractivity contribution in [1.29, 1.82) is 0 Å². The first kappa shape index (κ1) is 19.2. The molecule has 0 unspecified atom stereocenters. The third kappa shape index (κ3) is 4.15. The van der Waals surface area contributed by atoms with Gasteiger partial charge in [0.05, 0.1) is 24.8 Å². The molecule has 1 aromatic carbocycles. The van der Waals surface area contributed by atoms with Gasteiger partial charge in [-0.1, -0.05) is 12.1 Å². The lowest BCUT2D eigenvalue weighted by molar-refractivity contribution is -0.122. The molecular formula is C21H29N3O4. The molecular weight excluding hydrogens is 358 g/mol. The van der Waals surface area contributed by atoms with Gasteiger partial charge in [-0.05, 0) is 32.0 Å². The molecule has 1 N–H and O–H groups in total. The van der Waals surface area contributed by atoms with Crippen LogP contribution in [0.15, 0.2) is 24.3 Å². The molecule has 2 saturated heterocycles. The summed E-state index contributed by atoms with van der Waals surface area (Å²) in [7, 11) is 2.10. The van der Waals surface area contributed by atoms with Crippen LogP contribution in [0.5, 0.6) is 5.75 Å². The van der Waals surface area contributed by atoms with E-state index in [0.717, 1.165) is 45.4 Å². The lowest BCUT2D eigenvalue weighted by Crippen LogP contribution is -2.55. The fraction of sp³-hybridized carbons (Fsp3) is 0.619. The van der Waals surface area contributed by atoms with Gasteiger partial charge >= 0.3 is 0 Å². The van der Waals surface area contributed by atoms with Gasteiger partial charge in [0.2, 0.25) is 5.91 Å². The third-order valence-electron chi connectivity index (χ3n) is 5.99. The van der Waals surface area contributed by atoms with Crippen LogP contribution < -0.4 is 10.1 Å². The number of carbonyl (C=O) groups is 2. The number of rotatable bonds is 4. The Labute approximate surface area is 166 Å². The average molecular weight is 387 g/mol. The summed E-state index contributed by atoms with van der Waals surface area (Å²) < 4.78 is 12.0. The molecule has 3 aliphatic heterocycles. The summed E-state index contributed by atoms with van der Waals surface area (Å²) in [5, 5.41) is 2.93. The number of hydrogen-bond acceptors (Lipinski definition) is 5. The highest BCUT2D eigenvalue weighted by molar-refractivity contribution is 5.99. The van der Waals surface area contributed by atoms with E-state index < -0.39 is 5.60 Å². The van der Waals surface area contributed by atoms with Crippen LogP contribution in [0, 0.1) is 0 Å². The highest BCUT2D eigenvalue weighted by atomic mass is 16.5. The number of nitrogens with zero attached hydrogens (tertiary/aromatic N) is 2. The molecule has 0 radical (unpaired) electrons. The van der Waals surface area contributed by atoms with Crippen molar-refractivity contribution in [2.75, 3.05) is 46.4 Å². The number of ether oxygens (including phenoxy) is 2. The number of likely N-dealkylation sites (tertiary alicyclic amines) is 1. The third-order valence-corrected chi connectivity index (χ3v) is 5.99. The lowest BCUT2D eigenvalue weighted by atomic mass is 9.90. The number of fused-ring (bicyclic) bond motifs is 1. The summed E-state index contributed by atoms with van der Waals surface area (Å²) in [5.41, 5.74) is 0.0918. The molecule has 28 heavy (non-hydrogen) atoms. The molecule has 3 aliphatic rings. The highest BCUT2D eigenvalue weighted by Gasteiger charge is 2.42. The molecule has 1 spiro atoms. The maximum atomic E-state index is 13.2. The quantitative estimate of drug-likeness (QED) is 0.843. The van der Waals surface area contributed by atoms with Crippen LogP contribution in [0.2, 0.25) is 0 Å². The molecule has 1 aromatic rings.